The Balaban J connectivity index is 3.21. The number of nitrogens with two attached hydrogens (primary N) is 1. The summed E-state index contributed by atoms with van der Waals surface area (Å²) in [6.45, 7) is 2.59. The van der Waals surface area contributed by atoms with Gasteiger partial charge in [-0.2, -0.15) is 0 Å². The maximum Gasteiger partial charge on any atom is 0.320 e. The van der Waals surface area contributed by atoms with Crippen molar-refractivity contribution in [1.29, 1.82) is 5.41 Å². The minimum Gasteiger partial charge on any atom is -0.480 e. The highest BCUT2D eigenvalue weighted by Gasteiger charge is 2.09. The monoisotopic (exact) mass is 202 g/mol. The van der Waals surface area contributed by atoms with Crippen LogP contribution >= 0.6 is 0 Å². The molecule has 0 fully saturated rings. The zero-order chi connectivity index (χ0) is 11.0. The average Bonchev–Trinajstić information content (AvgIpc) is 2.09. The highest BCUT2D eigenvalue weighted by molar-refractivity contribution is 5.79. The molecule has 5 heteroatoms. The van der Waals surface area contributed by atoms with Crippen LogP contribution in [-0.2, 0) is 9.53 Å². The SMILES string of the molecule is CC(=N)COCCCCC(N)C(=O)O. The molecule has 0 aliphatic carbocycles. The van der Waals surface area contributed by atoms with Crippen LogP contribution in [0.25, 0.3) is 0 Å². The van der Waals surface area contributed by atoms with Crippen LogP contribution in [0.4, 0.5) is 0 Å². The van der Waals surface area contributed by atoms with Gasteiger partial charge in [0.05, 0.1) is 6.61 Å². The summed E-state index contributed by atoms with van der Waals surface area (Å²) in [6.07, 6.45) is 2.00. The topological polar surface area (TPSA) is 96.4 Å². The Bertz CT molecular complexity index is 194. The lowest BCUT2D eigenvalue weighted by Crippen LogP contribution is -2.29. The van der Waals surface area contributed by atoms with Crippen LogP contribution in [0, 0.1) is 5.41 Å². The molecule has 0 aromatic rings. The second kappa shape index (κ2) is 7.46. The molecule has 0 aromatic carbocycles. The van der Waals surface area contributed by atoms with Crippen LogP contribution in [0.15, 0.2) is 0 Å². The summed E-state index contributed by atoms with van der Waals surface area (Å²) >= 11 is 0. The molecule has 14 heavy (non-hydrogen) atoms. The highest BCUT2D eigenvalue weighted by Crippen LogP contribution is 1.99. The molecule has 0 bridgehead atoms. The molecule has 0 amide bonds. The summed E-state index contributed by atoms with van der Waals surface area (Å²) in [4.78, 5) is 10.3. The van der Waals surface area contributed by atoms with Crippen molar-refractivity contribution in [2.75, 3.05) is 13.2 Å². The van der Waals surface area contributed by atoms with Gasteiger partial charge in [-0.25, -0.2) is 0 Å². The Labute approximate surface area is 83.8 Å². The average molecular weight is 202 g/mol. The number of hydrogen-bond acceptors (Lipinski definition) is 4. The number of nitrogens with one attached hydrogen (secondary N) is 1. The van der Waals surface area contributed by atoms with Gasteiger partial charge in [0.1, 0.15) is 6.04 Å². The van der Waals surface area contributed by atoms with E-state index in [2.05, 4.69) is 0 Å². The molecule has 0 radical (unpaired) electrons. The van der Waals surface area contributed by atoms with E-state index in [1.807, 2.05) is 0 Å². The summed E-state index contributed by atoms with van der Waals surface area (Å²) < 4.78 is 5.12. The van der Waals surface area contributed by atoms with Crippen molar-refractivity contribution in [1.82, 2.24) is 0 Å². The zero-order valence-corrected chi connectivity index (χ0v) is 8.45. The second-order valence-electron chi connectivity index (χ2n) is 3.27. The molecular weight excluding hydrogens is 184 g/mol. The molecule has 0 saturated heterocycles. The number of unbranched alkanes of at least 4 members (excludes halogenated alkanes) is 1. The Kier molecular flexibility index (Phi) is 6.96. The van der Waals surface area contributed by atoms with E-state index in [0.29, 0.717) is 25.3 Å². The molecule has 82 valence electrons. The number of aliphatic carboxylic acids is 1. The van der Waals surface area contributed by atoms with Gasteiger partial charge in [0, 0.05) is 12.3 Å². The predicted octanol–water partition coefficient (Wildman–Crippen LogP) is 0.625. The lowest BCUT2D eigenvalue weighted by atomic mass is 10.1. The Morgan fingerprint density at radius 2 is 2.21 bits per heavy atom. The van der Waals surface area contributed by atoms with Crippen LogP contribution in [0.1, 0.15) is 26.2 Å². The molecule has 1 atom stereocenters. The van der Waals surface area contributed by atoms with Gasteiger partial charge in [-0.1, -0.05) is 0 Å². The molecule has 0 saturated carbocycles. The van der Waals surface area contributed by atoms with E-state index in [1.165, 1.54) is 0 Å². The third-order valence-corrected chi connectivity index (χ3v) is 1.69. The molecule has 0 spiro atoms. The van der Waals surface area contributed by atoms with Gasteiger partial charge in [0.15, 0.2) is 0 Å². The molecule has 0 aliphatic heterocycles. The first-order chi connectivity index (χ1) is 6.54. The largest absolute Gasteiger partial charge is 0.480 e. The summed E-state index contributed by atoms with van der Waals surface area (Å²) in [5, 5.41) is 15.5. The normalized spacial score (nSPS) is 12.4. The van der Waals surface area contributed by atoms with Crippen molar-refractivity contribution < 1.29 is 14.6 Å². The first kappa shape index (κ1) is 13.1. The third-order valence-electron chi connectivity index (χ3n) is 1.69. The van der Waals surface area contributed by atoms with Crippen LogP contribution in [0.5, 0.6) is 0 Å². The van der Waals surface area contributed by atoms with Crippen LogP contribution < -0.4 is 5.73 Å². The molecule has 1 unspecified atom stereocenters. The smallest absolute Gasteiger partial charge is 0.320 e. The fourth-order valence-corrected chi connectivity index (χ4v) is 0.917. The van der Waals surface area contributed by atoms with E-state index < -0.39 is 12.0 Å². The van der Waals surface area contributed by atoms with Crippen molar-refractivity contribution in [2.24, 2.45) is 5.73 Å². The van der Waals surface area contributed by atoms with Crippen LogP contribution in [0.2, 0.25) is 0 Å². The Hall–Kier alpha value is -0.940. The second-order valence-corrected chi connectivity index (χ2v) is 3.27. The van der Waals surface area contributed by atoms with Gasteiger partial charge < -0.3 is 21.0 Å². The number of carbonyl (C=O) groups is 1. The Morgan fingerprint density at radius 1 is 1.57 bits per heavy atom. The van der Waals surface area contributed by atoms with Gasteiger partial charge in [-0.05, 0) is 26.2 Å². The van der Waals surface area contributed by atoms with Gasteiger partial charge in [0.2, 0.25) is 0 Å². The number of hydrogen-bond donors (Lipinski definition) is 3. The van der Waals surface area contributed by atoms with Crippen molar-refractivity contribution in [2.45, 2.75) is 32.2 Å². The van der Waals surface area contributed by atoms with Gasteiger partial charge in [0.25, 0.3) is 0 Å². The summed E-state index contributed by atoms with van der Waals surface area (Å²) in [5.74, 6) is -0.957. The number of carboxylic acids is 1. The van der Waals surface area contributed by atoms with Crippen LogP contribution in [0.3, 0.4) is 0 Å². The fraction of sp³-hybridized carbons (Fsp3) is 0.778. The van der Waals surface area contributed by atoms with Gasteiger partial charge >= 0.3 is 5.97 Å². The van der Waals surface area contributed by atoms with E-state index in [9.17, 15) is 4.79 Å². The minimum absolute atomic E-state index is 0.352. The van der Waals surface area contributed by atoms with Crippen molar-refractivity contribution in [3.8, 4) is 0 Å². The third kappa shape index (κ3) is 7.70. The molecule has 0 aliphatic rings. The standard InChI is InChI=1S/C9H18N2O3/c1-7(10)6-14-5-3-2-4-8(11)9(12)13/h8,10H,2-6,11H2,1H3,(H,12,13). The minimum atomic E-state index is -0.957. The number of ether oxygens (including phenoxy) is 1. The Morgan fingerprint density at radius 3 is 2.71 bits per heavy atom. The molecule has 0 rings (SSSR count). The van der Waals surface area contributed by atoms with Gasteiger partial charge in [-0.15, -0.1) is 0 Å². The van der Waals surface area contributed by atoms with Gasteiger partial charge in [-0.3, -0.25) is 4.79 Å². The van der Waals surface area contributed by atoms with E-state index in [1.54, 1.807) is 6.92 Å². The van der Waals surface area contributed by atoms with E-state index in [0.717, 1.165) is 12.8 Å². The van der Waals surface area contributed by atoms with Crippen molar-refractivity contribution in [3.05, 3.63) is 0 Å². The maximum absolute atomic E-state index is 10.3. The maximum atomic E-state index is 10.3. The quantitative estimate of drug-likeness (QED) is 0.397. The molecular formula is C9H18N2O3. The number of rotatable bonds is 8. The first-order valence-corrected chi connectivity index (χ1v) is 4.64. The fourth-order valence-electron chi connectivity index (χ4n) is 0.917. The summed E-state index contributed by atoms with van der Waals surface area (Å²) in [6, 6.07) is -0.764. The van der Waals surface area contributed by atoms with E-state index >= 15 is 0 Å². The molecule has 4 N–H and O–H groups in total. The van der Waals surface area contributed by atoms with E-state index in [-0.39, 0.29) is 0 Å². The lowest BCUT2D eigenvalue weighted by molar-refractivity contribution is -0.138. The van der Waals surface area contributed by atoms with Crippen molar-refractivity contribution >= 4 is 11.7 Å². The molecule has 5 nitrogen and oxygen atoms in total. The first-order valence-electron chi connectivity index (χ1n) is 4.64. The zero-order valence-electron chi connectivity index (χ0n) is 8.45. The van der Waals surface area contributed by atoms with Crippen LogP contribution in [-0.4, -0.2) is 36.0 Å². The highest BCUT2D eigenvalue weighted by atomic mass is 16.5. The predicted molar refractivity (Wildman–Crippen MR) is 53.7 cm³/mol. The van der Waals surface area contributed by atoms with Crippen molar-refractivity contribution in [3.63, 3.8) is 0 Å². The lowest BCUT2D eigenvalue weighted by Gasteiger charge is -2.06. The summed E-state index contributed by atoms with van der Waals surface area (Å²) in [7, 11) is 0. The summed E-state index contributed by atoms with van der Waals surface area (Å²) in [5.41, 5.74) is 5.80. The van der Waals surface area contributed by atoms with E-state index in [4.69, 9.17) is 21.0 Å². The number of carboxylic acid groups (broad SMARTS) is 1. The molecule has 0 aromatic heterocycles. The molecule has 0 heterocycles.